The van der Waals surface area contributed by atoms with Crippen LogP contribution < -0.4 is 11.1 Å². The summed E-state index contributed by atoms with van der Waals surface area (Å²) >= 11 is 0. The van der Waals surface area contributed by atoms with Crippen molar-refractivity contribution in [3.05, 3.63) is 18.2 Å². The Kier molecular flexibility index (Phi) is 5.52. The summed E-state index contributed by atoms with van der Waals surface area (Å²) < 4.78 is 22.8. The number of phenolic OH excluding ortho intramolecular Hbond substituents is 1. The van der Waals surface area contributed by atoms with Crippen LogP contribution in [0.1, 0.15) is 26.2 Å². The number of benzene rings is 1. The Labute approximate surface area is 118 Å². The molecule has 0 bridgehead atoms. The van der Waals surface area contributed by atoms with E-state index in [-0.39, 0.29) is 34.7 Å². The van der Waals surface area contributed by atoms with Crippen molar-refractivity contribution in [1.82, 2.24) is 0 Å². The molecular formula is C13H20N2O4S. The summed E-state index contributed by atoms with van der Waals surface area (Å²) in [7, 11) is -3.39. The number of nitrogens with two attached hydrogens (primary N) is 1. The van der Waals surface area contributed by atoms with Crippen molar-refractivity contribution in [2.24, 2.45) is 5.73 Å². The van der Waals surface area contributed by atoms with E-state index in [1.807, 2.05) is 6.92 Å². The third-order valence-electron chi connectivity index (χ3n) is 2.73. The maximum atomic E-state index is 11.7. The molecule has 0 aliphatic rings. The van der Waals surface area contributed by atoms with E-state index in [0.29, 0.717) is 6.42 Å². The fourth-order valence-electron chi connectivity index (χ4n) is 1.64. The predicted octanol–water partition coefficient (Wildman–Crippen LogP) is 1.25. The topological polar surface area (TPSA) is 109 Å². The molecule has 0 fully saturated rings. The van der Waals surface area contributed by atoms with Gasteiger partial charge in [-0.25, -0.2) is 8.42 Å². The van der Waals surface area contributed by atoms with E-state index in [9.17, 15) is 18.3 Å². The number of phenols is 1. The smallest absolute Gasteiger partial charge is 0.224 e. The van der Waals surface area contributed by atoms with Gasteiger partial charge in [-0.2, -0.15) is 0 Å². The Balaban J connectivity index is 2.74. The first-order valence-electron chi connectivity index (χ1n) is 6.28. The summed E-state index contributed by atoms with van der Waals surface area (Å²) in [4.78, 5) is 11.7. The van der Waals surface area contributed by atoms with E-state index in [1.165, 1.54) is 18.2 Å². The van der Waals surface area contributed by atoms with E-state index in [1.54, 1.807) is 0 Å². The highest BCUT2D eigenvalue weighted by Gasteiger charge is 2.12. The van der Waals surface area contributed by atoms with Crippen LogP contribution >= 0.6 is 0 Å². The first-order valence-corrected chi connectivity index (χ1v) is 8.18. The number of carbonyl (C=O) groups is 1. The maximum Gasteiger partial charge on any atom is 0.224 e. The first kappa shape index (κ1) is 16.5. The molecule has 112 valence electrons. The van der Waals surface area contributed by atoms with Gasteiger partial charge in [0.05, 0.1) is 10.6 Å². The molecule has 0 radical (unpaired) electrons. The summed E-state index contributed by atoms with van der Waals surface area (Å²) in [6.45, 7) is 1.86. The number of hydrogen-bond acceptors (Lipinski definition) is 5. The van der Waals surface area contributed by atoms with Crippen molar-refractivity contribution in [2.75, 3.05) is 11.6 Å². The third kappa shape index (κ3) is 5.18. The van der Waals surface area contributed by atoms with Gasteiger partial charge >= 0.3 is 0 Å². The van der Waals surface area contributed by atoms with Crippen molar-refractivity contribution in [3.8, 4) is 5.75 Å². The molecular weight excluding hydrogens is 280 g/mol. The Bertz CT molecular complexity index is 582. The van der Waals surface area contributed by atoms with Crippen molar-refractivity contribution in [3.63, 3.8) is 0 Å². The summed E-state index contributed by atoms with van der Waals surface area (Å²) in [5.41, 5.74) is 5.68. The lowest BCUT2D eigenvalue weighted by molar-refractivity contribution is -0.116. The minimum Gasteiger partial charge on any atom is -0.506 e. The molecule has 4 N–H and O–H groups in total. The molecule has 7 heteroatoms. The third-order valence-corrected chi connectivity index (χ3v) is 3.84. The highest BCUT2D eigenvalue weighted by atomic mass is 32.2. The van der Waals surface area contributed by atoms with Crippen LogP contribution in [0.5, 0.6) is 5.75 Å². The second-order valence-electron chi connectivity index (χ2n) is 4.87. The number of rotatable bonds is 6. The second kappa shape index (κ2) is 6.71. The van der Waals surface area contributed by atoms with Crippen LogP contribution in [0, 0.1) is 0 Å². The number of carbonyl (C=O) groups excluding carboxylic acids is 1. The summed E-state index contributed by atoms with van der Waals surface area (Å²) in [6, 6.07) is 3.81. The Hall–Kier alpha value is -1.60. The largest absolute Gasteiger partial charge is 0.506 e. The molecule has 1 aromatic rings. The van der Waals surface area contributed by atoms with Gasteiger partial charge in [0.25, 0.3) is 0 Å². The number of hydrogen-bond donors (Lipinski definition) is 3. The normalized spacial score (nSPS) is 12.9. The van der Waals surface area contributed by atoms with Crippen LogP contribution in [0.2, 0.25) is 0 Å². The molecule has 1 atom stereocenters. The fourth-order valence-corrected chi connectivity index (χ4v) is 2.29. The number of nitrogens with one attached hydrogen (secondary N) is 1. The van der Waals surface area contributed by atoms with E-state index in [2.05, 4.69) is 5.32 Å². The summed E-state index contributed by atoms with van der Waals surface area (Å²) in [5, 5.41) is 12.1. The van der Waals surface area contributed by atoms with Crippen molar-refractivity contribution in [2.45, 2.75) is 37.1 Å². The lowest BCUT2D eigenvalue weighted by Gasteiger charge is -2.09. The lowest BCUT2D eigenvalue weighted by atomic mass is 10.1. The molecule has 0 aromatic heterocycles. The van der Waals surface area contributed by atoms with Gasteiger partial charge in [-0.05, 0) is 38.0 Å². The quantitative estimate of drug-likeness (QED) is 0.685. The zero-order valence-electron chi connectivity index (χ0n) is 11.6. The Morgan fingerprint density at radius 2 is 2.10 bits per heavy atom. The molecule has 0 spiro atoms. The van der Waals surface area contributed by atoms with Crippen molar-refractivity contribution >= 4 is 21.4 Å². The molecule has 1 rings (SSSR count). The Morgan fingerprint density at radius 1 is 1.45 bits per heavy atom. The van der Waals surface area contributed by atoms with Gasteiger partial charge in [0, 0.05) is 18.7 Å². The van der Waals surface area contributed by atoms with E-state index in [0.717, 1.165) is 12.7 Å². The molecule has 1 unspecified atom stereocenters. The minimum atomic E-state index is -3.39. The fraction of sp³-hybridized carbons (Fsp3) is 0.462. The summed E-state index contributed by atoms with van der Waals surface area (Å²) in [5.74, 6) is -0.454. The van der Waals surface area contributed by atoms with Crippen LogP contribution in [0.3, 0.4) is 0 Å². The number of aromatic hydroxyl groups is 1. The van der Waals surface area contributed by atoms with Gasteiger partial charge in [-0.15, -0.1) is 0 Å². The molecule has 6 nitrogen and oxygen atoms in total. The molecule has 0 heterocycles. The molecule has 20 heavy (non-hydrogen) atoms. The molecule has 0 aliphatic heterocycles. The zero-order chi connectivity index (χ0) is 15.3. The van der Waals surface area contributed by atoms with Gasteiger partial charge in [-0.3, -0.25) is 4.79 Å². The standard InChI is InChI=1S/C13H20N2O4S/c1-9(14)4-3-5-13(17)15-11-8-10(20(2,18)19)6-7-12(11)16/h6-9,16H,3-5,14H2,1-2H3,(H,15,17). The van der Waals surface area contributed by atoms with Gasteiger partial charge in [0.2, 0.25) is 5.91 Å². The van der Waals surface area contributed by atoms with Gasteiger partial charge in [-0.1, -0.05) is 0 Å². The number of sulfone groups is 1. The zero-order valence-corrected chi connectivity index (χ0v) is 12.4. The van der Waals surface area contributed by atoms with Gasteiger partial charge in [0.15, 0.2) is 9.84 Å². The van der Waals surface area contributed by atoms with Crippen LogP contribution in [0.15, 0.2) is 23.1 Å². The van der Waals surface area contributed by atoms with E-state index in [4.69, 9.17) is 5.73 Å². The van der Waals surface area contributed by atoms with Crippen LogP contribution in [0.4, 0.5) is 5.69 Å². The summed E-state index contributed by atoms with van der Waals surface area (Å²) in [6.07, 6.45) is 2.69. The monoisotopic (exact) mass is 300 g/mol. The Morgan fingerprint density at radius 3 is 2.65 bits per heavy atom. The lowest BCUT2D eigenvalue weighted by Crippen LogP contribution is -2.17. The maximum absolute atomic E-state index is 11.7. The SMILES string of the molecule is CC(N)CCCC(=O)Nc1cc(S(C)(=O)=O)ccc1O. The van der Waals surface area contributed by atoms with Crippen LogP contribution in [0.25, 0.3) is 0 Å². The van der Waals surface area contributed by atoms with Crippen LogP contribution in [-0.4, -0.2) is 31.7 Å². The van der Waals surface area contributed by atoms with Crippen molar-refractivity contribution in [1.29, 1.82) is 0 Å². The average molecular weight is 300 g/mol. The highest BCUT2D eigenvalue weighted by molar-refractivity contribution is 7.90. The highest BCUT2D eigenvalue weighted by Crippen LogP contribution is 2.26. The van der Waals surface area contributed by atoms with Crippen molar-refractivity contribution < 1.29 is 18.3 Å². The molecule has 0 saturated heterocycles. The number of amides is 1. The van der Waals surface area contributed by atoms with Gasteiger partial charge < -0.3 is 16.2 Å². The first-order chi connectivity index (χ1) is 9.20. The predicted molar refractivity (Wildman–Crippen MR) is 77.3 cm³/mol. The average Bonchev–Trinajstić information content (AvgIpc) is 2.30. The second-order valence-corrected chi connectivity index (χ2v) is 6.88. The molecule has 0 saturated carbocycles. The molecule has 1 aromatic carbocycles. The van der Waals surface area contributed by atoms with Crippen LogP contribution in [-0.2, 0) is 14.6 Å². The molecule has 1 amide bonds. The van der Waals surface area contributed by atoms with E-state index < -0.39 is 9.84 Å². The van der Waals surface area contributed by atoms with Gasteiger partial charge in [0.1, 0.15) is 5.75 Å². The van der Waals surface area contributed by atoms with E-state index >= 15 is 0 Å². The number of anilines is 1. The minimum absolute atomic E-state index is 0.0322. The molecule has 0 aliphatic carbocycles.